The molecule has 0 spiro atoms. The minimum Gasteiger partial charge on any atom is -0.494 e. The van der Waals surface area contributed by atoms with E-state index < -0.39 is 18.0 Å². The molecular weight excluding hydrogens is 1110 g/mol. The molecule has 4 aromatic carbocycles. The van der Waals surface area contributed by atoms with Crippen LogP contribution in [-0.4, -0.2) is 98.5 Å². The van der Waals surface area contributed by atoms with Crippen LogP contribution < -0.4 is 28.8 Å². The number of para-hydroxylation sites is 1. The number of esters is 3. The first-order valence-electron chi connectivity index (χ1n) is 29.9. The van der Waals surface area contributed by atoms with Crippen LogP contribution in [0.25, 0.3) is 10.2 Å². The number of unbranched alkanes of at least 4 members (excludes halogenated alkanes) is 9. The minimum absolute atomic E-state index is 0.0295. The molecular formula is C66H85N3O15S. The van der Waals surface area contributed by atoms with Gasteiger partial charge in [0.15, 0.2) is 5.75 Å². The third-order valence-electron chi connectivity index (χ3n) is 15.0. The van der Waals surface area contributed by atoms with E-state index >= 15 is 0 Å². The summed E-state index contributed by atoms with van der Waals surface area (Å²) in [6, 6.07) is 28.6. The van der Waals surface area contributed by atoms with Gasteiger partial charge in [0.2, 0.25) is 5.13 Å². The number of thiazole rings is 1. The summed E-state index contributed by atoms with van der Waals surface area (Å²) in [5.74, 6) is 1.99. The standard InChI is InChI=1S/C65H83N3O14S.CH2O/c1-3-61(70)76-43-17-9-7-15-41-74-53-29-25-50(26-30-53)63(81-73)49-23-21-48(22-24-49)47-78-82-59-38-37-57(45-52(59)46-66-68(39-13-5-6-14-40-69)65-67-58-19-11-12-20-60(58)83-65)80-64(72)51-27-31-55(32-28-51)79-56-35-33-54(34-36-56)75-42-16-8-10-18-44-77-62(71)4-2;1-2/h3-4,11-12,19-20,25-26,29-30,33-38,45-46,48-49,51,55,63,69,73H,1-2,5-10,13-18,21-24,27-28,31-32,39-44,47H2;1H2/b66-46+;. The number of carbonyl (C=O) groups excluding carboxylic acids is 4. The van der Waals surface area contributed by atoms with Crippen LogP contribution in [0.15, 0.2) is 121 Å². The van der Waals surface area contributed by atoms with Crippen LogP contribution in [0.1, 0.15) is 146 Å². The summed E-state index contributed by atoms with van der Waals surface area (Å²) in [7, 11) is 0. The third kappa shape index (κ3) is 23.7. The van der Waals surface area contributed by atoms with Gasteiger partial charge in [-0.2, -0.15) is 9.99 Å². The Morgan fingerprint density at radius 3 is 1.86 bits per heavy atom. The van der Waals surface area contributed by atoms with Gasteiger partial charge in [0.1, 0.15) is 35.9 Å². The molecule has 7 rings (SSSR count). The van der Waals surface area contributed by atoms with Crippen LogP contribution in [0, 0.1) is 17.8 Å². The van der Waals surface area contributed by atoms with E-state index in [1.165, 1.54) is 12.2 Å². The summed E-state index contributed by atoms with van der Waals surface area (Å²) in [4.78, 5) is 66.2. The van der Waals surface area contributed by atoms with Gasteiger partial charge in [0.25, 0.3) is 0 Å². The van der Waals surface area contributed by atoms with E-state index in [4.69, 9.17) is 58.0 Å². The first kappa shape index (κ1) is 67.0. The fourth-order valence-electron chi connectivity index (χ4n) is 10.2. The Bertz CT molecular complexity index is 2740. The molecule has 1 atom stereocenters. The molecule has 1 heterocycles. The third-order valence-corrected chi connectivity index (χ3v) is 16.0. The lowest BCUT2D eigenvalue weighted by Crippen LogP contribution is -2.30. The number of hydrogen-bond donors (Lipinski definition) is 2. The number of anilines is 1. The lowest BCUT2D eigenvalue weighted by atomic mass is 9.78. The van der Waals surface area contributed by atoms with Crippen molar-refractivity contribution in [1.82, 2.24) is 4.98 Å². The number of benzene rings is 4. The maximum Gasteiger partial charge on any atom is 0.330 e. The number of aromatic nitrogens is 1. The van der Waals surface area contributed by atoms with Crippen molar-refractivity contribution >= 4 is 57.6 Å². The van der Waals surface area contributed by atoms with Crippen LogP contribution in [0.2, 0.25) is 0 Å². The number of carbonyl (C=O) groups is 4. The average Bonchev–Trinajstić information content (AvgIpc) is 4.26. The molecule has 2 aliphatic rings. The minimum atomic E-state index is -0.474. The van der Waals surface area contributed by atoms with Crippen molar-refractivity contribution in [1.29, 1.82) is 0 Å². The van der Waals surface area contributed by atoms with Crippen LogP contribution in [0.4, 0.5) is 5.13 Å². The Labute approximate surface area is 503 Å². The average molecular weight is 1190 g/mol. The second-order valence-electron chi connectivity index (χ2n) is 21.2. The Kier molecular flexibility index (Phi) is 30.5. The number of ether oxygens (including phenoxy) is 6. The summed E-state index contributed by atoms with van der Waals surface area (Å²) in [5.41, 5.74) is 2.33. The first-order chi connectivity index (χ1) is 41.7. The van der Waals surface area contributed by atoms with Crippen molar-refractivity contribution in [3.8, 4) is 28.7 Å². The number of nitrogens with zero attached hydrogens (tertiary/aromatic N) is 3. The SMILES string of the molecule is C=CC(=O)OCCCCCCOc1ccc(OC2CCC(C(=O)Oc3ccc(OOCC4CCC(C(OO)c5ccc(OCCCCCCOC(=O)C=C)cc5)CC4)c(/C=N/N(CCCCCCO)c4nc5ccccc5s4)c3)CC2)cc1.C=O. The van der Waals surface area contributed by atoms with Crippen LogP contribution in [-0.2, 0) is 38.4 Å². The van der Waals surface area contributed by atoms with Crippen LogP contribution >= 0.6 is 11.3 Å². The molecule has 0 aliphatic heterocycles. The number of aliphatic hydroxyl groups is 1. The summed E-state index contributed by atoms with van der Waals surface area (Å²) >= 11 is 1.56. The summed E-state index contributed by atoms with van der Waals surface area (Å²) in [6.45, 7) is 11.9. The second-order valence-corrected chi connectivity index (χ2v) is 22.2. The van der Waals surface area contributed by atoms with Gasteiger partial charge in [-0.3, -0.25) is 10.1 Å². The molecule has 460 valence electrons. The Hall–Kier alpha value is -7.16. The van der Waals surface area contributed by atoms with Gasteiger partial charge in [0, 0.05) is 30.9 Å². The number of rotatable bonds is 38. The molecule has 0 amide bonds. The van der Waals surface area contributed by atoms with E-state index in [2.05, 4.69) is 13.2 Å². The molecule has 2 N–H and O–H groups in total. The van der Waals surface area contributed by atoms with Gasteiger partial charge in [-0.15, -0.1) is 0 Å². The molecule has 2 saturated carbocycles. The van der Waals surface area contributed by atoms with Gasteiger partial charge < -0.3 is 43.2 Å². The molecule has 1 aromatic heterocycles. The van der Waals surface area contributed by atoms with Crippen molar-refractivity contribution in [3.63, 3.8) is 0 Å². The molecule has 0 radical (unpaired) electrons. The highest BCUT2D eigenvalue weighted by Gasteiger charge is 2.31. The summed E-state index contributed by atoms with van der Waals surface area (Å²) < 4.78 is 35.4. The van der Waals surface area contributed by atoms with Crippen molar-refractivity contribution < 1.29 is 72.6 Å². The van der Waals surface area contributed by atoms with E-state index in [-0.39, 0.29) is 36.4 Å². The summed E-state index contributed by atoms with van der Waals surface area (Å²) in [5, 5.41) is 27.1. The van der Waals surface area contributed by atoms with Crippen molar-refractivity contribution in [2.75, 3.05) is 51.2 Å². The van der Waals surface area contributed by atoms with Crippen molar-refractivity contribution in [2.45, 2.75) is 141 Å². The second kappa shape index (κ2) is 38.7. The lowest BCUT2D eigenvalue weighted by molar-refractivity contribution is -0.296. The van der Waals surface area contributed by atoms with Crippen molar-refractivity contribution in [2.24, 2.45) is 22.9 Å². The maximum atomic E-state index is 13.8. The van der Waals surface area contributed by atoms with E-state index in [0.29, 0.717) is 82.3 Å². The van der Waals surface area contributed by atoms with E-state index in [1.54, 1.807) is 35.8 Å². The molecule has 85 heavy (non-hydrogen) atoms. The quantitative estimate of drug-likeness (QED) is 0.00713. The predicted molar refractivity (Wildman–Crippen MR) is 327 cm³/mol. The normalized spacial score (nSPS) is 17.0. The molecule has 0 bridgehead atoms. The van der Waals surface area contributed by atoms with Crippen LogP contribution in [0.3, 0.4) is 0 Å². The van der Waals surface area contributed by atoms with Gasteiger partial charge in [-0.25, -0.2) is 24.5 Å². The van der Waals surface area contributed by atoms with Gasteiger partial charge in [-0.1, -0.05) is 61.6 Å². The lowest BCUT2D eigenvalue weighted by Gasteiger charge is -2.32. The molecule has 0 saturated heterocycles. The van der Waals surface area contributed by atoms with Gasteiger partial charge in [-0.05, 0) is 200 Å². The van der Waals surface area contributed by atoms with Crippen LogP contribution in [0.5, 0.6) is 28.7 Å². The smallest absolute Gasteiger partial charge is 0.330 e. The highest BCUT2D eigenvalue weighted by Crippen LogP contribution is 2.40. The maximum absolute atomic E-state index is 13.8. The Morgan fingerprint density at radius 2 is 1.25 bits per heavy atom. The van der Waals surface area contributed by atoms with Crippen molar-refractivity contribution in [3.05, 3.63) is 127 Å². The molecule has 5 aromatic rings. The zero-order valence-corrected chi connectivity index (χ0v) is 49.8. The zero-order valence-electron chi connectivity index (χ0n) is 48.9. The Balaban J connectivity index is 0.00000572. The predicted octanol–water partition coefficient (Wildman–Crippen LogP) is 13.7. The first-order valence-corrected chi connectivity index (χ1v) is 30.8. The number of aliphatic hydroxyl groups excluding tert-OH is 1. The molecule has 1 unspecified atom stereocenters. The fraction of sp³-hybridized carbons (Fsp3) is 0.485. The van der Waals surface area contributed by atoms with Gasteiger partial charge >= 0.3 is 17.9 Å². The molecule has 19 heteroatoms. The number of hydrogen-bond acceptors (Lipinski definition) is 19. The molecule has 2 fully saturated rings. The van der Waals surface area contributed by atoms with E-state index in [1.807, 2.05) is 84.6 Å². The van der Waals surface area contributed by atoms with Gasteiger partial charge in [0.05, 0.1) is 61.5 Å². The van der Waals surface area contributed by atoms with E-state index in [0.717, 1.165) is 141 Å². The number of hydrazone groups is 1. The van der Waals surface area contributed by atoms with E-state index in [9.17, 15) is 24.7 Å². The topological polar surface area (TPSA) is 220 Å². The number of fused-ring (bicyclic) bond motifs is 1. The summed E-state index contributed by atoms with van der Waals surface area (Å²) in [6.07, 6.45) is 20.2. The molecule has 2 aliphatic carbocycles. The molecule has 18 nitrogen and oxygen atoms in total. The largest absolute Gasteiger partial charge is 0.494 e. The zero-order chi connectivity index (χ0) is 60.3. The fourth-order valence-corrected chi connectivity index (χ4v) is 11.2. The highest BCUT2D eigenvalue weighted by molar-refractivity contribution is 7.22. The Morgan fingerprint density at radius 1 is 0.671 bits per heavy atom. The monoisotopic (exact) mass is 1190 g/mol. The highest BCUT2D eigenvalue weighted by atomic mass is 32.1.